The fourth-order valence-corrected chi connectivity index (χ4v) is 6.15. The van der Waals surface area contributed by atoms with E-state index in [0.717, 1.165) is 23.0 Å². The van der Waals surface area contributed by atoms with E-state index < -0.39 is 28.9 Å². The highest BCUT2D eigenvalue weighted by Crippen LogP contribution is 2.36. The predicted octanol–water partition coefficient (Wildman–Crippen LogP) is 4.45. The van der Waals surface area contributed by atoms with Crippen molar-refractivity contribution in [1.29, 1.82) is 0 Å². The van der Waals surface area contributed by atoms with Crippen molar-refractivity contribution in [2.75, 3.05) is 13.2 Å². The SMILES string of the molecule is CCC(c1nnc(-c2cn3c(c(OCc4ccccc4)c2=O)C(=O)NC2COCC23)s1)c1ccc(F)cc1F. The summed E-state index contributed by atoms with van der Waals surface area (Å²) in [4.78, 5) is 26.9. The van der Waals surface area contributed by atoms with Gasteiger partial charge in [-0.05, 0) is 23.6 Å². The van der Waals surface area contributed by atoms with Gasteiger partial charge in [0.15, 0.2) is 16.5 Å². The second-order valence-corrected chi connectivity index (χ2v) is 10.5. The molecule has 0 bridgehead atoms. The van der Waals surface area contributed by atoms with Crippen LogP contribution in [0.5, 0.6) is 5.75 Å². The molecule has 8 nitrogen and oxygen atoms in total. The lowest BCUT2D eigenvalue weighted by Crippen LogP contribution is -2.48. The molecule has 0 saturated carbocycles. The summed E-state index contributed by atoms with van der Waals surface area (Å²) in [5.74, 6) is -2.28. The molecule has 39 heavy (non-hydrogen) atoms. The molecule has 2 aliphatic heterocycles. The van der Waals surface area contributed by atoms with Gasteiger partial charge in [-0.25, -0.2) is 8.78 Å². The van der Waals surface area contributed by atoms with Gasteiger partial charge in [-0.2, -0.15) is 0 Å². The number of nitrogens with one attached hydrogen (secondary N) is 1. The van der Waals surface area contributed by atoms with Gasteiger partial charge in [-0.1, -0.05) is 54.7 Å². The number of benzene rings is 2. The molecule has 4 aromatic rings. The molecule has 0 spiro atoms. The van der Waals surface area contributed by atoms with E-state index in [9.17, 15) is 18.4 Å². The lowest BCUT2D eigenvalue weighted by molar-refractivity contribution is 0.0883. The summed E-state index contributed by atoms with van der Waals surface area (Å²) >= 11 is 1.16. The van der Waals surface area contributed by atoms with Crippen LogP contribution in [0.4, 0.5) is 8.78 Å². The molecule has 1 fully saturated rings. The first-order valence-corrected chi connectivity index (χ1v) is 13.4. The lowest BCUT2D eigenvalue weighted by atomic mass is 9.97. The van der Waals surface area contributed by atoms with Crippen molar-refractivity contribution in [2.45, 2.75) is 38.0 Å². The molecule has 200 valence electrons. The fourth-order valence-electron chi connectivity index (χ4n) is 5.09. The van der Waals surface area contributed by atoms with Gasteiger partial charge in [-0.15, -0.1) is 10.2 Å². The van der Waals surface area contributed by atoms with Gasteiger partial charge >= 0.3 is 0 Å². The Kier molecular flexibility index (Phi) is 6.69. The van der Waals surface area contributed by atoms with Gasteiger partial charge in [0.2, 0.25) is 5.43 Å². The minimum Gasteiger partial charge on any atom is -0.483 e. The van der Waals surface area contributed by atoms with Crippen LogP contribution in [-0.4, -0.2) is 39.9 Å². The molecule has 4 heterocycles. The van der Waals surface area contributed by atoms with E-state index in [4.69, 9.17) is 9.47 Å². The molecule has 6 rings (SSSR count). The lowest BCUT2D eigenvalue weighted by Gasteiger charge is -2.31. The molecule has 1 N–H and O–H groups in total. The molecule has 11 heteroatoms. The summed E-state index contributed by atoms with van der Waals surface area (Å²) in [5.41, 5.74) is 1.01. The maximum Gasteiger partial charge on any atom is 0.272 e. The first-order chi connectivity index (χ1) is 18.9. The van der Waals surface area contributed by atoms with Crippen molar-refractivity contribution >= 4 is 17.2 Å². The number of carbonyl (C=O) groups excluding carboxylic acids is 1. The molecule has 2 aromatic carbocycles. The minimum absolute atomic E-state index is 0.0763. The summed E-state index contributed by atoms with van der Waals surface area (Å²) in [6.07, 6.45) is 2.11. The number of amides is 1. The van der Waals surface area contributed by atoms with E-state index in [2.05, 4.69) is 15.5 Å². The molecular formula is C28H24F2N4O4S. The average molecular weight is 551 g/mol. The van der Waals surface area contributed by atoms with Crippen LogP contribution in [0.3, 0.4) is 0 Å². The highest BCUT2D eigenvalue weighted by molar-refractivity contribution is 7.14. The number of aromatic nitrogens is 3. The third-order valence-electron chi connectivity index (χ3n) is 7.07. The maximum absolute atomic E-state index is 14.6. The second-order valence-electron chi connectivity index (χ2n) is 9.49. The van der Waals surface area contributed by atoms with Crippen molar-refractivity contribution in [2.24, 2.45) is 0 Å². The summed E-state index contributed by atoms with van der Waals surface area (Å²) in [5, 5.41) is 12.3. The number of carbonyl (C=O) groups is 1. The van der Waals surface area contributed by atoms with Crippen molar-refractivity contribution in [3.63, 3.8) is 0 Å². The molecule has 3 atom stereocenters. The smallest absolute Gasteiger partial charge is 0.272 e. The molecular weight excluding hydrogens is 526 g/mol. The van der Waals surface area contributed by atoms with Crippen LogP contribution < -0.4 is 15.5 Å². The predicted molar refractivity (Wildman–Crippen MR) is 140 cm³/mol. The Morgan fingerprint density at radius 2 is 1.97 bits per heavy atom. The Bertz CT molecular complexity index is 1610. The summed E-state index contributed by atoms with van der Waals surface area (Å²) < 4.78 is 41.5. The van der Waals surface area contributed by atoms with Gasteiger partial charge < -0.3 is 19.4 Å². The maximum atomic E-state index is 14.6. The van der Waals surface area contributed by atoms with Crippen molar-refractivity contribution < 1.29 is 23.0 Å². The highest BCUT2D eigenvalue weighted by atomic mass is 32.1. The summed E-state index contributed by atoms with van der Waals surface area (Å²) in [6, 6.07) is 12.3. The van der Waals surface area contributed by atoms with Crippen LogP contribution in [0.2, 0.25) is 0 Å². The minimum atomic E-state index is -0.665. The standard InChI is InChI=1S/C28H24F2N4O4S/c1-2-17(18-9-8-16(29)10-20(18)30)27-32-33-28(39-27)19-11-34-22-14-37-13-21(22)31-26(36)23(34)25(24(19)35)38-12-15-6-4-3-5-7-15/h3-11,17,21-22H,2,12-14H2,1H3,(H,31,36). The van der Waals surface area contributed by atoms with Gasteiger partial charge in [-0.3, -0.25) is 9.59 Å². The number of pyridine rings is 1. The van der Waals surface area contributed by atoms with Crippen molar-refractivity contribution in [3.05, 3.63) is 98.4 Å². The first-order valence-electron chi connectivity index (χ1n) is 12.6. The second kappa shape index (κ2) is 10.3. The van der Waals surface area contributed by atoms with Crippen molar-refractivity contribution in [3.8, 4) is 16.3 Å². The number of hydrogen-bond acceptors (Lipinski definition) is 7. The number of nitrogens with zero attached hydrogens (tertiary/aromatic N) is 3. The average Bonchev–Trinajstić information content (AvgIpc) is 3.60. The van der Waals surface area contributed by atoms with Gasteiger partial charge in [0.25, 0.3) is 5.91 Å². The number of ether oxygens (including phenoxy) is 2. The van der Waals surface area contributed by atoms with E-state index in [1.807, 2.05) is 37.3 Å². The first kappa shape index (κ1) is 25.3. The van der Waals surface area contributed by atoms with Crippen LogP contribution in [0.25, 0.3) is 10.6 Å². The molecule has 0 aliphatic carbocycles. The zero-order valence-corrected chi connectivity index (χ0v) is 21.7. The monoisotopic (exact) mass is 550 g/mol. The van der Waals surface area contributed by atoms with Gasteiger partial charge in [0.05, 0.1) is 30.9 Å². The summed E-state index contributed by atoms with van der Waals surface area (Å²) in [7, 11) is 0. The largest absolute Gasteiger partial charge is 0.483 e. The van der Waals surface area contributed by atoms with E-state index in [0.29, 0.717) is 35.2 Å². The third kappa shape index (κ3) is 4.61. The van der Waals surface area contributed by atoms with E-state index in [1.165, 1.54) is 12.1 Å². The molecule has 1 saturated heterocycles. The highest BCUT2D eigenvalue weighted by Gasteiger charge is 2.40. The Morgan fingerprint density at radius 3 is 2.74 bits per heavy atom. The molecule has 1 amide bonds. The Hall–Kier alpha value is -3.96. The zero-order chi connectivity index (χ0) is 27.1. The molecule has 3 unspecified atom stereocenters. The molecule has 0 radical (unpaired) electrons. The normalized spacial score (nSPS) is 18.8. The van der Waals surface area contributed by atoms with Gasteiger partial charge in [0.1, 0.15) is 23.2 Å². The van der Waals surface area contributed by atoms with Crippen LogP contribution in [-0.2, 0) is 11.3 Å². The Morgan fingerprint density at radius 1 is 1.15 bits per heavy atom. The van der Waals surface area contributed by atoms with Crippen LogP contribution in [0.1, 0.15) is 51.9 Å². The summed E-state index contributed by atoms with van der Waals surface area (Å²) in [6.45, 7) is 2.69. The van der Waals surface area contributed by atoms with Crippen molar-refractivity contribution in [1.82, 2.24) is 20.1 Å². The van der Waals surface area contributed by atoms with E-state index in [1.54, 1.807) is 10.8 Å². The number of halogens is 2. The third-order valence-corrected chi connectivity index (χ3v) is 8.14. The molecule has 2 aliphatic rings. The van der Waals surface area contributed by atoms with Crippen LogP contribution in [0, 0.1) is 11.6 Å². The Labute approximate surface area is 226 Å². The topological polar surface area (TPSA) is 95.3 Å². The number of rotatable bonds is 7. The molecule has 2 aromatic heterocycles. The number of fused-ring (bicyclic) bond motifs is 3. The van der Waals surface area contributed by atoms with E-state index >= 15 is 0 Å². The fraction of sp³-hybridized carbons (Fsp3) is 0.286. The zero-order valence-electron chi connectivity index (χ0n) is 20.9. The number of hydrogen-bond donors (Lipinski definition) is 1. The Balaban J connectivity index is 1.44. The quantitative estimate of drug-likeness (QED) is 0.366. The van der Waals surface area contributed by atoms with Gasteiger partial charge in [0, 0.05) is 18.2 Å². The van der Waals surface area contributed by atoms with E-state index in [-0.39, 0.29) is 35.7 Å². The van der Waals surface area contributed by atoms with Crippen LogP contribution >= 0.6 is 11.3 Å². The van der Waals surface area contributed by atoms with Crippen LogP contribution in [0.15, 0.2) is 59.5 Å².